The molecule has 2 rings (SSSR count). The quantitative estimate of drug-likeness (QED) is 0.767. The molecule has 0 saturated heterocycles. The molecule has 3 nitrogen and oxygen atoms in total. The lowest BCUT2D eigenvalue weighted by molar-refractivity contribution is 0.312. The van der Waals surface area contributed by atoms with Gasteiger partial charge in [-0.05, 0) is 25.5 Å². The predicted octanol–water partition coefficient (Wildman–Crippen LogP) is 3.59. The summed E-state index contributed by atoms with van der Waals surface area (Å²) in [6, 6.07) is 8.13. The molecular formula is C15H16N2O. The van der Waals surface area contributed by atoms with Crippen molar-refractivity contribution in [1.82, 2.24) is 4.98 Å². The number of ether oxygens (including phenoxy) is 1. The minimum atomic E-state index is 0.504. The van der Waals surface area contributed by atoms with Crippen molar-refractivity contribution >= 4 is 10.9 Å². The molecule has 0 bridgehead atoms. The molecule has 0 amide bonds. The molecule has 0 spiro atoms. The summed E-state index contributed by atoms with van der Waals surface area (Å²) in [5.74, 6) is 0.666. The first kappa shape index (κ1) is 12.4. The second-order valence-corrected chi connectivity index (χ2v) is 4.34. The zero-order chi connectivity index (χ0) is 13.0. The Bertz CT molecular complexity index is 599. The lowest BCUT2D eigenvalue weighted by Gasteiger charge is -2.10. The standard InChI is InChI=1S/C15H16N2O/c1-3-4-7-18-15-12(9-16)10-17-14-6-5-11(2)8-13(14)15/h5-6,8,10H,3-4,7H2,1-2H3. The molecule has 0 aliphatic carbocycles. The van der Waals surface area contributed by atoms with Crippen molar-refractivity contribution < 1.29 is 4.74 Å². The van der Waals surface area contributed by atoms with Crippen LogP contribution in [0.15, 0.2) is 24.4 Å². The normalized spacial score (nSPS) is 10.3. The number of unbranched alkanes of at least 4 members (excludes halogenated alkanes) is 1. The fourth-order valence-electron chi connectivity index (χ4n) is 1.84. The van der Waals surface area contributed by atoms with E-state index in [2.05, 4.69) is 18.0 Å². The number of rotatable bonds is 4. The van der Waals surface area contributed by atoms with E-state index in [0.29, 0.717) is 17.9 Å². The summed E-state index contributed by atoms with van der Waals surface area (Å²) >= 11 is 0. The summed E-state index contributed by atoms with van der Waals surface area (Å²) in [6.07, 6.45) is 3.64. The number of benzene rings is 1. The van der Waals surface area contributed by atoms with Crippen LogP contribution in [0.2, 0.25) is 0 Å². The molecule has 0 radical (unpaired) electrons. The van der Waals surface area contributed by atoms with Crippen molar-refractivity contribution in [2.75, 3.05) is 6.61 Å². The van der Waals surface area contributed by atoms with Crippen LogP contribution in [0.5, 0.6) is 5.75 Å². The lowest BCUT2D eigenvalue weighted by Crippen LogP contribution is -2.00. The van der Waals surface area contributed by atoms with Crippen LogP contribution >= 0.6 is 0 Å². The van der Waals surface area contributed by atoms with Gasteiger partial charge in [-0.15, -0.1) is 0 Å². The van der Waals surface area contributed by atoms with E-state index < -0.39 is 0 Å². The number of hydrogen-bond donors (Lipinski definition) is 0. The Hall–Kier alpha value is -2.08. The van der Waals surface area contributed by atoms with Crippen molar-refractivity contribution in [3.8, 4) is 11.8 Å². The highest BCUT2D eigenvalue weighted by Crippen LogP contribution is 2.28. The van der Waals surface area contributed by atoms with Crippen molar-refractivity contribution in [2.24, 2.45) is 0 Å². The Balaban J connectivity index is 2.50. The second kappa shape index (κ2) is 5.50. The van der Waals surface area contributed by atoms with Gasteiger partial charge in [0.05, 0.1) is 12.1 Å². The first-order valence-corrected chi connectivity index (χ1v) is 6.18. The van der Waals surface area contributed by atoms with Crippen LogP contribution in [0.25, 0.3) is 10.9 Å². The predicted molar refractivity (Wildman–Crippen MR) is 71.6 cm³/mol. The van der Waals surface area contributed by atoms with E-state index in [1.807, 2.05) is 25.1 Å². The molecule has 1 aromatic heterocycles. The summed E-state index contributed by atoms with van der Waals surface area (Å²) in [4.78, 5) is 4.28. The maximum Gasteiger partial charge on any atom is 0.148 e. The van der Waals surface area contributed by atoms with Crippen LogP contribution in [0, 0.1) is 18.3 Å². The van der Waals surface area contributed by atoms with E-state index in [4.69, 9.17) is 10.00 Å². The molecule has 0 aliphatic rings. The zero-order valence-corrected chi connectivity index (χ0v) is 10.7. The smallest absolute Gasteiger partial charge is 0.148 e. The van der Waals surface area contributed by atoms with Gasteiger partial charge in [-0.25, -0.2) is 0 Å². The fourth-order valence-corrected chi connectivity index (χ4v) is 1.84. The molecule has 2 aromatic rings. The molecule has 0 aliphatic heterocycles. The molecular weight excluding hydrogens is 224 g/mol. The molecule has 0 unspecified atom stereocenters. The van der Waals surface area contributed by atoms with Gasteiger partial charge in [0.25, 0.3) is 0 Å². The molecule has 0 fully saturated rings. The van der Waals surface area contributed by atoms with E-state index in [9.17, 15) is 0 Å². The number of aromatic nitrogens is 1. The summed E-state index contributed by atoms with van der Waals surface area (Å²) < 4.78 is 5.77. The average molecular weight is 240 g/mol. The summed E-state index contributed by atoms with van der Waals surface area (Å²) in [5.41, 5.74) is 2.51. The maximum absolute atomic E-state index is 9.13. The third kappa shape index (κ3) is 2.43. The summed E-state index contributed by atoms with van der Waals surface area (Å²) in [6.45, 7) is 4.77. The van der Waals surface area contributed by atoms with E-state index >= 15 is 0 Å². The first-order chi connectivity index (χ1) is 8.76. The van der Waals surface area contributed by atoms with Crippen molar-refractivity contribution in [3.63, 3.8) is 0 Å². The van der Waals surface area contributed by atoms with Crippen LogP contribution in [0.1, 0.15) is 30.9 Å². The summed E-state index contributed by atoms with van der Waals surface area (Å²) in [7, 11) is 0. The maximum atomic E-state index is 9.13. The second-order valence-electron chi connectivity index (χ2n) is 4.34. The molecule has 0 saturated carbocycles. The van der Waals surface area contributed by atoms with Gasteiger partial charge in [-0.2, -0.15) is 5.26 Å². The van der Waals surface area contributed by atoms with Gasteiger partial charge < -0.3 is 4.74 Å². The number of fused-ring (bicyclic) bond motifs is 1. The van der Waals surface area contributed by atoms with Crippen molar-refractivity contribution in [3.05, 3.63) is 35.5 Å². The molecule has 0 N–H and O–H groups in total. The molecule has 0 atom stereocenters. The topological polar surface area (TPSA) is 45.9 Å². The van der Waals surface area contributed by atoms with Gasteiger partial charge in [0.15, 0.2) is 0 Å². The fraction of sp³-hybridized carbons (Fsp3) is 0.333. The Morgan fingerprint density at radius 3 is 2.94 bits per heavy atom. The summed E-state index contributed by atoms with van der Waals surface area (Å²) in [5, 5.41) is 10.1. The number of nitrogens with zero attached hydrogens (tertiary/aromatic N) is 2. The van der Waals surface area contributed by atoms with Crippen LogP contribution in [-0.4, -0.2) is 11.6 Å². The first-order valence-electron chi connectivity index (χ1n) is 6.18. The molecule has 3 heteroatoms. The van der Waals surface area contributed by atoms with Crippen LogP contribution in [0.3, 0.4) is 0 Å². The average Bonchev–Trinajstić information content (AvgIpc) is 2.39. The van der Waals surface area contributed by atoms with Gasteiger partial charge in [-0.1, -0.05) is 25.0 Å². The Kier molecular flexibility index (Phi) is 3.78. The van der Waals surface area contributed by atoms with Gasteiger partial charge in [0.2, 0.25) is 0 Å². The Labute approximate surface area is 107 Å². The van der Waals surface area contributed by atoms with Crippen LogP contribution in [0.4, 0.5) is 0 Å². The molecule has 18 heavy (non-hydrogen) atoms. The van der Waals surface area contributed by atoms with E-state index in [1.165, 1.54) is 0 Å². The van der Waals surface area contributed by atoms with Gasteiger partial charge in [0.1, 0.15) is 17.4 Å². The van der Waals surface area contributed by atoms with Crippen LogP contribution in [-0.2, 0) is 0 Å². The number of nitriles is 1. The number of aryl methyl sites for hydroxylation is 1. The Morgan fingerprint density at radius 1 is 1.39 bits per heavy atom. The minimum Gasteiger partial charge on any atom is -0.491 e. The zero-order valence-electron chi connectivity index (χ0n) is 10.7. The lowest BCUT2D eigenvalue weighted by atomic mass is 10.1. The molecule has 1 heterocycles. The monoisotopic (exact) mass is 240 g/mol. The SMILES string of the molecule is CCCCOc1c(C#N)cnc2ccc(C)cc12. The minimum absolute atomic E-state index is 0.504. The highest BCUT2D eigenvalue weighted by Gasteiger charge is 2.10. The van der Waals surface area contributed by atoms with E-state index in [1.54, 1.807) is 6.20 Å². The number of pyridine rings is 1. The largest absolute Gasteiger partial charge is 0.491 e. The highest BCUT2D eigenvalue weighted by atomic mass is 16.5. The number of hydrogen-bond acceptors (Lipinski definition) is 3. The molecule has 92 valence electrons. The van der Waals surface area contributed by atoms with E-state index in [0.717, 1.165) is 29.3 Å². The third-order valence-corrected chi connectivity index (χ3v) is 2.84. The van der Waals surface area contributed by atoms with Gasteiger partial charge in [0, 0.05) is 11.6 Å². The Morgan fingerprint density at radius 2 is 2.22 bits per heavy atom. The highest BCUT2D eigenvalue weighted by molar-refractivity contribution is 5.87. The third-order valence-electron chi connectivity index (χ3n) is 2.84. The van der Waals surface area contributed by atoms with Crippen molar-refractivity contribution in [2.45, 2.75) is 26.7 Å². The van der Waals surface area contributed by atoms with Gasteiger partial charge in [-0.3, -0.25) is 4.98 Å². The van der Waals surface area contributed by atoms with E-state index in [-0.39, 0.29) is 0 Å². The van der Waals surface area contributed by atoms with Gasteiger partial charge >= 0.3 is 0 Å². The molecule has 1 aromatic carbocycles. The van der Waals surface area contributed by atoms with Crippen LogP contribution < -0.4 is 4.74 Å². The van der Waals surface area contributed by atoms with Crippen molar-refractivity contribution in [1.29, 1.82) is 5.26 Å².